The van der Waals surface area contributed by atoms with Gasteiger partial charge in [0.15, 0.2) is 12.4 Å². The second kappa shape index (κ2) is 5.13. The van der Waals surface area contributed by atoms with Crippen LogP contribution in [0.2, 0.25) is 0 Å². The molecule has 0 atom stereocenters. The topological polar surface area (TPSA) is 58.9 Å². The number of aromatic amines is 1. The summed E-state index contributed by atoms with van der Waals surface area (Å²) in [7, 11) is 1.38. The Morgan fingerprint density at radius 2 is 2.15 bits per heavy atom. The molecule has 3 rings (SSSR count). The maximum absolute atomic E-state index is 11.3. The van der Waals surface area contributed by atoms with Gasteiger partial charge in [-0.1, -0.05) is 12.1 Å². The first-order valence-electron chi connectivity index (χ1n) is 6.27. The van der Waals surface area contributed by atoms with E-state index < -0.39 is 0 Å². The van der Waals surface area contributed by atoms with Crippen molar-refractivity contribution in [3.8, 4) is 11.4 Å². The lowest BCUT2D eigenvalue weighted by Gasteiger charge is -1.98. The molecule has 0 saturated carbocycles. The van der Waals surface area contributed by atoms with E-state index in [1.165, 1.54) is 7.11 Å². The number of carbonyl (C=O) groups is 1. The van der Waals surface area contributed by atoms with E-state index in [0.717, 1.165) is 22.4 Å². The second-order valence-electron chi connectivity index (χ2n) is 4.44. The van der Waals surface area contributed by atoms with Crippen LogP contribution < -0.4 is 4.57 Å². The second-order valence-corrected chi connectivity index (χ2v) is 4.44. The molecule has 1 N–H and O–H groups in total. The Labute approximate surface area is 115 Å². The Balaban J connectivity index is 1.97. The third-order valence-electron chi connectivity index (χ3n) is 3.06. The predicted molar refractivity (Wildman–Crippen MR) is 73.7 cm³/mol. The number of benzene rings is 1. The van der Waals surface area contributed by atoms with E-state index in [4.69, 9.17) is 0 Å². The zero-order chi connectivity index (χ0) is 13.9. The van der Waals surface area contributed by atoms with Gasteiger partial charge < -0.3 is 9.72 Å². The van der Waals surface area contributed by atoms with E-state index in [1.807, 2.05) is 48.8 Å². The number of rotatable bonds is 3. The van der Waals surface area contributed by atoms with E-state index in [0.29, 0.717) is 0 Å². The number of aromatic nitrogens is 3. The smallest absolute Gasteiger partial charge is 0.372 e. The standard InChI is InChI=1S/C15H14N3O2/c1-20-14(19)10-18-8-4-5-11(9-18)15-16-12-6-2-3-7-13(12)17-15/h2-9H,10H2,1H3,(H,16,17)/q+1. The molecule has 100 valence electrons. The maximum atomic E-state index is 11.3. The molecule has 20 heavy (non-hydrogen) atoms. The van der Waals surface area contributed by atoms with Crippen LogP contribution in [0.25, 0.3) is 22.4 Å². The number of para-hydroxylation sites is 2. The first-order valence-corrected chi connectivity index (χ1v) is 6.27. The van der Waals surface area contributed by atoms with Gasteiger partial charge in [-0.3, -0.25) is 0 Å². The third-order valence-corrected chi connectivity index (χ3v) is 3.06. The van der Waals surface area contributed by atoms with Gasteiger partial charge in [0.25, 0.3) is 0 Å². The number of carbonyl (C=O) groups excluding carboxylic acids is 1. The van der Waals surface area contributed by atoms with Gasteiger partial charge >= 0.3 is 5.97 Å². The molecular weight excluding hydrogens is 254 g/mol. The van der Waals surface area contributed by atoms with Crippen molar-refractivity contribution in [1.82, 2.24) is 9.97 Å². The SMILES string of the molecule is COC(=O)C[n+]1cccc(-c2nc3ccccc3[nH]2)c1. The van der Waals surface area contributed by atoms with Crippen molar-refractivity contribution < 1.29 is 14.1 Å². The fourth-order valence-electron chi connectivity index (χ4n) is 2.06. The van der Waals surface area contributed by atoms with Crippen LogP contribution in [0.1, 0.15) is 0 Å². The third kappa shape index (κ3) is 2.38. The molecule has 3 aromatic rings. The van der Waals surface area contributed by atoms with Crippen LogP contribution in [-0.2, 0) is 16.1 Å². The van der Waals surface area contributed by atoms with Gasteiger partial charge in [-0.15, -0.1) is 0 Å². The van der Waals surface area contributed by atoms with Crippen LogP contribution >= 0.6 is 0 Å². The van der Waals surface area contributed by atoms with Gasteiger partial charge in [0.1, 0.15) is 5.82 Å². The molecule has 5 nitrogen and oxygen atoms in total. The summed E-state index contributed by atoms with van der Waals surface area (Å²) >= 11 is 0. The summed E-state index contributed by atoms with van der Waals surface area (Å²) in [4.78, 5) is 19.1. The Morgan fingerprint density at radius 3 is 2.95 bits per heavy atom. The van der Waals surface area contributed by atoms with Crippen molar-refractivity contribution in [1.29, 1.82) is 0 Å². The van der Waals surface area contributed by atoms with Crippen LogP contribution in [0.3, 0.4) is 0 Å². The Hall–Kier alpha value is -2.69. The minimum Gasteiger partial charge on any atom is -0.464 e. The highest BCUT2D eigenvalue weighted by atomic mass is 16.5. The van der Waals surface area contributed by atoms with Crippen molar-refractivity contribution >= 4 is 17.0 Å². The Morgan fingerprint density at radius 1 is 1.30 bits per heavy atom. The van der Waals surface area contributed by atoms with Gasteiger partial charge in [0, 0.05) is 6.07 Å². The molecule has 0 aliphatic carbocycles. The van der Waals surface area contributed by atoms with E-state index in [9.17, 15) is 4.79 Å². The van der Waals surface area contributed by atoms with Crippen molar-refractivity contribution in [2.45, 2.75) is 6.54 Å². The average Bonchev–Trinajstić information content (AvgIpc) is 2.91. The maximum Gasteiger partial charge on any atom is 0.372 e. The first-order chi connectivity index (χ1) is 9.76. The summed E-state index contributed by atoms with van der Waals surface area (Å²) in [6, 6.07) is 11.7. The molecule has 0 bridgehead atoms. The van der Waals surface area contributed by atoms with Crippen LogP contribution in [0.15, 0.2) is 48.8 Å². The molecule has 0 unspecified atom stereocenters. The van der Waals surface area contributed by atoms with Crippen LogP contribution in [0.5, 0.6) is 0 Å². The summed E-state index contributed by atoms with van der Waals surface area (Å²) in [6.45, 7) is 0.185. The number of H-pyrrole nitrogens is 1. The van der Waals surface area contributed by atoms with Crippen LogP contribution in [0.4, 0.5) is 0 Å². The molecule has 5 heteroatoms. The van der Waals surface area contributed by atoms with Gasteiger partial charge in [-0.25, -0.2) is 9.78 Å². The predicted octanol–water partition coefficient (Wildman–Crippen LogP) is 1.69. The number of fused-ring (bicyclic) bond motifs is 1. The molecule has 0 saturated heterocycles. The molecule has 1 aromatic carbocycles. The van der Waals surface area contributed by atoms with E-state index in [-0.39, 0.29) is 12.5 Å². The van der Waals surface area contributed by atoms with Crippen molar-refractivity contribution in [2.75, 3.05) is 7.11 Å². The van der Waals surface area contributed by atoms with Crippen LogP contribution in [-0.4, -0.2) is 23.0 Å². The van der Waals surface area contributed by atoms with E-state index in [2.05, 4.69) is 14.7 Å². The molecular formula is C15H14N3O2+. The zero-order valence-electron chi connectivity index (χ0n) is 11.0. The highest BCUT2D eigenvalue weighted by molar-refractivity contribution is 5.78. The molecule has 2 heterocycles. The van der Waals surface area contributed by atoms with Crippen molar-refractivity contribution in [3.05, 3.63) is 48.8 Å². The van der Waals surface area contributed by atoms with Gasteiger partial charge in [-0.05, 0) is 18.2 Å². The minimum atomic E-state index is -0.281. The lowest BCUT2D eigenvalue weighted by atomic mass is 10.2. The number of nitrogens with zero attached hydrogens (tertiary/aromatic N) is 2. The summed E-state index contributed by atoms with van der Waals surface area (Å²) in [5, 5.41) is 0. The normalized spacial score (nSPS) is 10.7. The largest absolute Gasteiger partial charge is 0.464 e. The van der Waals surface area contributed by atoms with Crippen molar-refractivity contribution in [2.24, 2.45) is 0 Å². The summed E-state index contributed by atoms with van der Waals surface area (Å²) in [5.74, 6) is 0.502. The van der Waals surface area contributed by atoms with Gasteiger partial charge in [0.2, 0.25) is 6.54 Å². The first kappa shape index (κ1) is 12.3. The average molecular weight is 268 g/mol. The number of ether oxygens (including phenoxy) is 1. The minimum absolute atomic E-state index is 0.185. The summed E-state index contributed by atoms with van der Waals surface area (Å²) < 4.78 is 6.44. The molecule has 0 radical (unpaired) electrons. The Bertz CT molecular complexity index is 731. The molecule has 0 spiro atoms. The van der Waals surface area contributed by atoms with E-state index >= 15 is 0 Å². The molecule has 0 aliphatic rings. The number of nitrogens with one attached hydrogen (secondary N) is 1. The summed E-state index contributed by atoms with van der Waals surface area (Å²) in [5.41, 5.74) is 2.84. The molecule has 0 fully saturated rings. The molecule has 0 amide bonds. The zero-order valence-corrected chi connectivity index (χ0v) is 11.0. The molecule has 0 aliphatic heterocycles. The summed E-state index contributed by atoms with van der Waals surface area (Å²) in [6.07, 6.45) is 3.69. The number of hydrogen-bond donors (Lipinski definition) is 1. The van der Waals surface area contributed by atoms with Gasteiger partial charge in [0.05, 0.1) is 23.7 Å². The number of pyridine rings is 1. The number of hydrogen-bond acceptors (Lipinski definition) is 3. The molecule has 2 aromatic heterocycles. The lowest BCUT2D eigenvalue weighted by molar-refractivity contribution is -0.685. The monoisotopic (exact) mass is 268 g/mol. The highest BCUT2D eigenvalue weighted by Crippen LogP contribution is 2.18. The fraction of sp³-hybridized carbons (Fsp3) is 0.133. The fourth-order valence-corrected chi connectivity index (χ4v) is 2.06. The van der Waals surface area contributed by atoms with Crippen molar-refractivity contribution in [3.63, 3.8) is 0 Å². The van der Waals surface area contributed by atoms with Gasteiger partial charge in [-0.2, -0.15) is 4.57 Å². The Kier molecular flexibility index (Phi) is 3.16. The van der Waals surface area contributed by atoms with E-state index in [1.54, 1.807) is 4.57 Å². The quantitative estimate of drug-likeness (QED) is 0.581. The number of imidazole rings is 1. The lowest BCUT2D eigenvalue weighted by Crippen LogP contribution is -2.37. The van der Waals surface area contributed by atoms with Crippen LogP contribution in [0, 0.1) is 0 Å². The highest BCUT2D eigenvalue weighted by Gasteiger charge is 2.12. The number of esters is 1. The number of methoxy groups -OCH3 is 1.